The highest BCUT2D eigenvalue weighted by Crippen LogP contribution is 2.25. The second-order valence-corrected chi connectivity index (χ2v) is 6.22. The first-order valence-corrected chi connectivity index (χ1v) is 8.36. The van der Waals surface area contributed by atoms with Gasteiger partial charge in [0.1, 0.15) is 12.6 Å². The smallest absolute Gasteiger partial charge is 0.368 e. The van der Waals surface area contributed by atoms with Gasteiger partial charge in [-0.15, -0.1) is 12.4 Å². The van der Waals surface area contributed by atoms with E-state index in [0.29, 0.717) is 26.2 Å². The quantitative estimate of drug-likeness (QED) is 0.744. The molecule has 1 heterocycles. The largest absolute Gasteiger partial charge is 0.405 e. The van der Waals surface area contributed by atoms with E-state index < -0.39 is 24.7 Å². The van der Waals surface area contributed by atoms with Gasteiger partial charge < -0.3 is 15.4 Å². The summed E-state index contributed by atoms with van der Waals surface area (Å²) in [6.45, 7) is 1.15. The number of nitrogens with one attached hydrogen (secondary N) is 2. The van der Waals surface area contributed by atoms with Gasteiger partial charge in [0.15, 0.2) is 0 Å². The zero-order valence-corrected chi connectivity index (χ0v) is 14.6. The van der Waals surface area contributed by atoms with Gasteiger partial charge in [0.2, 0.25) is 5.91 Å². The van der Waals surface area contributed by atoms with Crippen molar-refractivity contribution in [1.29, 1.82) is 0 Å². The Kier molecular flexibility index (Phi) is 9.33. The fraction of sp³-hybridized carbons (Fsp3) is 0.933. The number of hydrogen-bond donors (Lipinski definition) is 2. The molecule has 1 aliphatic heterocycles. The normalized spacial score (nSPS) is 21.8. The van der Waals surface area contributed by atoms with Gasteiger partial charge >= 0.3 is 6.18 Å². The number of halogens is 4. The molecule has 1 amide bonds. The van der Waals surface area contributed by atoms with Crippen molar-refractivity contribution in [3.63, 3.8) is 0 Å². The summed E-state index contributed by atoms with van der Waals surface area (Å²) in [5, 5.41) is 5.41. The van der Waals surface area contributed by atoms with Crippen molar-refractivity contribution in [2.75, 3.05) is 39.3 Å². The molecule has 1 aliphatic carbocycles. The SMILES string of the molecule is Cl.O=C(COC1CCCCC1)NCC(N1CCNCC1)C(F)(F)F. The molecule has 2 aliphatic rings. The molecule has 5 nitrogen and oxygen atoms in total. The molecule has 0 aromatic rings. The van der Waals surface area contributed by atoms with Crippen LogP contribution in [0.25, 0.3) is 0 Å². The van der Waals surface area contributed by atoms with Crippen LogP contribution < -0.4 is 10.6 Å². The maximum Gasteiger partial charge on any atom is 0.405 e. The minimum absolute atomic E-state index is 0. The van der Waals surface area contributed by atoms with Crippen molar-refractivity contribution in [3.05, 3.63) is 0 Å². The van der Waals surface area contributed by atoms with Crippen molar-refractivity contribution < 1.29 is 22.7 Å². The van der Waals surface area contributed by atoms with Crippen molar-refractivity contribution in [3.8, 4) is 0 Å². The standard InChI is InChI=1S/C15H26F3N3O2.ClH/c16-15(17,18)13(21-8-6-19-7-9-21)10-20-14(22)11-23-12-4-2-1-3-5-12;/h12-13,19H,1-11H2,(H,20,22);1H. The molecule has 0 aromatic heterocycles. The second kappa shape index (κ2) is 10.4. The van der Waals surface area contributed by atoms with Gasteiger partial charge in [-0.2, -0.15) is 13.2 Å². The summed E-state index contributed by atoms with van der Waals surface area (Å²) in [6.07, 6.45) is 0.940. The Morgan fingerprint density at radius 3 is 2.42 bits per heavy atom. The molecule has 1 atom stereocenters. The van der Waals surface area contributed by atoms with Crippen LogP contribution in [0.4, 0.5) is 13.2 Å². The van der Waals surface area contributed by atoms with Crippen LogP contribution in [0.1, 0.15) is 32.1 Å². The molecule has 0 bridgehead atoms. The number of nitrogens with zero attached hydrogens (tertiary/aromatic N) is 1. The van der Waals surface area contributed by atoms with E-state index in [4.69, 9.17) is 4.74 Å². The minimum Gasteiger partial charge on any atom is -0.368 e. The molecule has 0 aromatic carbocycles. The Balaban J connectivity index is 0.00000288. The van der Waals surface area contributed by atoms with E-state index >= 15 is 0 Å². The van der Waals surface area contributed by atoms with E-state index in [0.717, 1.165) is 25.7 Å². The summed E-state index contributed by atoms with van der Waals surface area (Å²) in [5.41, 5.74) is 0. The first kappa shape index (κ1) is 21.5. The van der Waals surface area contributed by atoms with Crippen LogP contribution in [0.3, 0.4) is 0 Å². The summed E-state index contributed by atoms with van der Waals surface area (Å²) in [4.78, 5) is 13.1. The average Bonchev–Trinajstić information content (AvgIpc) is 2.54. The molecule has 1 saturated heterocycles. The fourth-order valence-corrected chi connectivity index (χ4v) is 3.13. The molecule has 24 heavy (non-hydrogen) atoms. The fourth-order valence-electron chi connectivity index (χ4n) is 3.13. The van der Waals surface area contributed by atoms with Gasteiger partial charge in [-0.1, -0.05) is 19.3 Å². The molecule has 1 saturated carbocycles. The summed E-state index contributed by atoms with van der Waals surface area (Å²) >= 11 is 0. The monoisotopic (exact) mass is 373 g/mol. The van der Waals surface area contributed by atoms with E-state index in [1.165, 1.54) is 11.3 Å². The Morgan fingerprint density at radius 2 is 1.83 bits per heavy atom. The molecule has 0 radical (unpaired) electrons. The number of carbonyl (C=O) groups is 1. The lowest BCUT2D eigenvalue weighted by molar-refractivity contribution is -0.184. The summed E-state index contributed by atoms with van der Waals surface area (Å²) in [5.74, 6) is -0.472. The molecule has 2 fully saturated rings. The van der Waals surface area contributed by atoms with Crippen LogP contribution in [-0.2, 0) is 9.53 Å². The lowest BCUT2D eigenvalue weighted by Crippen LogP contribution is -2.57. The Bertz CT molecular complexity index is 373. The summed E-state index contributed by atoms with van der Waals surface area (Å²) in [6, 6.07) is -1.64. The maximum atomic E-state index is 13.2. The maximum absolute atomic E-state index is 13.2. The highest BCUT2D eigenvalue weighted by molar-refractivity contribution is 5.85. The molecule has 2 N–H and O–H groups in total. The van der Waals surface area contributed by atoms with E-state index in [1.54, 1.807) is 0 Å². The third-order valence-electron chi connectivity index (χ3n) is 4.47. The number of amides is 1. The number of ether oxygens (including phenoxy) is 1. The molecule has 142 valence electrons. The predicted octanol–water partition coefficient (Wildman–Crippen LogP) is 1.71. The van der Waals surface area contributed by atoms with Crippen molar-refractivity contribution >= 4 is 18.3 Å². The van der Waals surface area contributed by atoms with Gasteiger partial charge in [-0.3, -0.25) is 9.69 Å². The Hall–Kier alpha value is -0.570. The lowest BCUT2D eigenvalue weighted by Gasteiger charge is -2.36. The van der Waals surface area contributed by atoms with Crippen LogP contribution in [0.5, 0.6) is 0 Å². The highest BCUT2D eigenvalue weighted by Gasteiger charge is 2.43. The van der Waals surface area contributed by atoms with E-state index in [1.807, 2.05) is 0 Å². The second-order valence-electron chi connectivity index (χ2n) is 6.22. The van der Waals surface area contributed by atoms with Crippen LogP contribution in [0.2, 0.25) is 0 Å². The third-order valence-corrected chi connectivity index (χ3v) is 4.47. The molecular formula is C15H27ClF3N3O2. The number of hydrogen-bond acceptors (Lipinski definition) is 4. The first-order valence-electron chi connectivity index (χ1n) is 8.36. The summed E-state index contributed by atoms with van der Waals surface area (Å²) in [7, 11) is 0. The van der Waals surface area contributed by atoms with Crippen molar-refractivity contribution in [2.45, 2.75) is 50.4 Å². The van der Waals surface area contributed by atoms with Crippen LogP contribution in [0.15, 0.2) is 0 Å². The number of alkyl halides is 3. The third kappa shape index (κ3) is 7.13. The first-order chi connectivity index (χ1) is 11.0. The summed E-state index contributed by atoms with van der Waals surface area (Å²) < 4.78 is 45.1. The van der Waals surface area contributed by atoms with Crippen molar-refractivity contribution in [2.24, 2.45) is 0 Å². The molecule has 1 unspecified atom stereocenters. The molecular weight excluding hydrogens is 347 g/mol. The molecule has 0 spiro atoms. The van der Waals surface area contributed by atoms with Crippen LogP contribution >= 0.6 is 12.4 Å². The minimum atomic E-state index is -4.35. The molecule has 9 heteroatoms. The van der Waals surface area contributed by atoms with E-state index in [9.17, 15) is 18.0 Å². The van der Waals surface area contributed by atoms with Gasteiger partial charge in [-0.05, 0) is 12.8 Å². The van der Waals surface area contributed by atoms with Gasteiger partial charge in [0, 0.05) is 32.7 Å². The Morgan fingerprint density at radius 1 is 1.21 bits per heavy atom. The predicted molar refractivity (Wildman–Crippen MR) is 87.4 cm³/mol. The van der Waals surface area contributed by atoms with Gasteiger partial charge in [0.25, 0.3) is 0 Å². The van der Waals surface area contributed by atoms with E-state index in [-0.39, 0.29) is 25.1 Å². The van der Waals surface area contributed by atoms with Crippen LogP contribution in [0, 0.1) is 0 Å². The average molecular weight is 374 g/mol. The number of carbonyl (C=O) groups excluding carboxylic acids is 1. The van der Waals surface area contributed by atoms with Crippen LogP contribution in [-0.4, -0.2) is 68.5 Å². The lowest BCUT2D eigenvalue weighted by atomic mass is 9.98. The topological polar surface area (TPSA) is 53.6 Å². The van der Waals surface area contributed by atoms with Gasteiger partial charge in [-0.25, -0.2) is 0 Å². The Labute approximate surface area is 147 Å². The van der Waals surface area contributed by atoms with E-state index in [2.05, 4.69) is 10.6 Å². The van der Waals surface area contributed by atoms with Crippen molar-refractivity contribution in [1.82, 2.24) is 15.5 Å². The number of piperazine rings is 1. The zero-order valence-electron chi connectivity index (χ0n) is 13.7. The molecule has 2 rings (SSSR count). The zero-order chi connectivity index (χ0) is 16.7. The highest BCUT2D eigenvalue weighted by atomic mass is 35.5. The number of rotatable bonds is 6. The van der Waals surface area contributed by atoms with Gasteiger partial charge in [0.05, 0.1) is 6.10 Å².